The van der Waals surface area contributed by atoms with E-state index in [4.69, 9.17) is 4.11 Å². The smallest absolute Gasteiger partial charge is 0.0493 e. The van der Waals surface area contributed by atoms with Crippen molar-refractivity contribution in [2.45, 2.75) is 52.9 Å². The molecule has 0 bridgehead atoms. The first-order chi connectivity index (χ1) is 20.0. The van der Waals surface area contributed by atoms with Gasteiger partial charge in [0.05, 0.1) is 0 Å². The van der Waals surface area contributed by atoms with Crippen molar-refractivity contribution in [3.05, 3.63) is 131 Å². The number of rotatable bonds is 5. The summed E-state index contributed by atoms with van der Waals surface area (Å²) in [4.78, 5) is 2.35. The minimum atomic E-state index is -2.27. The standard InChI is InChI=1S/C38H37N/c1-25(2)39(37-23-29(21-20-26(37)3)28-14-8-7-9-15-28)36-19-13-11-17-31(36)32-24-33-30-16-10-12-18-34(30)38(5,6)35(33)22-27(32)4/h7-25H,1-6H3/i4D3. The van der Waals surface area contributed by atoms with Gasteiger partial charge in [-0.3, -0.25) is 0 Å². The molecule has 0 saturated carbocycles. The summed E-state index contributed by atoms with van der Waals surface area (Å²) in [6.45, 7) is 8.64. The van der Waals surface area contributed by atoms with E-state index in [0.717, 1.165) is 39.2 Å². The van der Waals surface area contributed by atoms with Crippen LogP contribution in [0.1, 0.15) is 54.1 Å². The Morgan fingerprint density at radius 1 is 0.590 bits per heavy atom. The van der Waals surface area contributed by atoms with Crippen LogP contribution in [0.3, 0.4) is 0 Å². The lowest BCUT2D eigenvalue weighted by molar-refractivity contribution is 0.660. The number of hydrogen-bond donors (Lipinski definition) is 0. The number of benzene rings is 5. The third kappa shape index (κ3) is 4.17. The maximum Gasteiger partial charge on any atom is 0.0493 e. The first-order valence-electron chi connectivity index (χ1n) is 15.3. The van der Waals surface area contributed by atoms with E-state index in [1.807, 2.05) is 24.3 Å². The average Bonchev–Trinajstić information content (AvgIpc) is 3.19. The molecule has 5 aromatic carbocycles. The Hall–Kier alpha value is -4.10. The number of fused-ring (bicyclic) bond motifs is 3. The summed E-state index contributed by atoms with van der Waals surface area (Å²) in [5.74, 6) is 0. The maximum atomic E-state index is 8.62. The van der Waals surface area contributed by atoms with Crippen LogP contribution in [0.2, 0.25) is 0 Å². The molecule has 0 N–H and O–H groups in total. The normalized spacial score (nSPS) is 14.8. The Labute approximate surface area is 238 Å². The van der Waals surface area contributed by atoms with E-state index >= 15 is 0 Å². The van der Waals surface area contributed by atoms with Gasteiger partial charge in [-0.1, -0.05) is 105 Å². The van der Waals surface area contributed by atoms with E-state index < -0.39 is 6.85 Å². The van der Waals surface area contributed by atoms with Crippen molar-refractivity contribution in [2.75, 3.05) is 4.90 Å². The Morgan fingerprint density at radius 2 is 1.28 bits per heavy atom. The SMILES string of the molecule is [2H]C([2H])([2H])c1cc2c(cc1-c1ccccc1N(c1cc(-c3ccccc3)ccc1C)C(C)C)-c1ccccc1C2(C)C. The number of para-hydroxylation sites is 1. The van der Waals surface area contributed by atoms with Gasteiger partial charge in [-0.15, -0.1) is 0 Å². The molecule has 5 aromatic rings. The second-order valence-corrected chi connectivity index (χ2v) is 11.5. The molecule has 0 atom stereocenters. The highest BCUT2D eigenvalue weighted by molar-refractivity contribution is 5.91. The van der Waals surface area contributed by atoms with Gasteiger partial charge < -0.3 is 4.90 Å². The van der Waals surface area contributed by atoms with E-state index in [-0.39, 0.29) is 11.5 Å². The van der Waals surface area contributed by atoms with Crippen LogP contribution in [0.5, 0.6) is 0 Å². The Bertz CT molecular complexity index is 1780. The molecule has 0 unspecified atom stereocenters. The first kappa shape index (κ1) is 21.8. The topological polar surface area (TPSA) is 3.24 Å². The van der Waals surface area contributed by atoms with Crippen molar-refractivity contribution in [1.29, 1.82) is 0 Å². The van der Waals surface area contributed by atoms with E-state index in [2.05, 4.69) is 124 Å². The van der Waals surface area contributed by atoms with Crippen molar-refractivity contribution in [1.82, 2.24) is 0 Å². The van der Waals surface area contributed by atoms with Crippen molar-refractivity contribution in [3.8, 4) is 33.4 Å². The van der Waals surface area contributed by atoms with Crippen LogP contribution in [0.4, 0.5) is 11.4 Å². The Balaban J connectivity index is 1.59. The highest BCUT2D eigenvalue weighted by atomic mass is 15.2. The molecule has 194 valence electrons. The van der Waals surface area contributed by atoms with Crippen molar-refractivity contribution < 1.29 is 4.11 Å². The van der Waals surface area contributed by atoms with Crippen LogP contribution in [-0.4, -0.2) is 6.04 Å². The van der Waals surface area contributed by atoms with Crippen molar-refractivity contribution in [2.24, 2.45) is 0 Å². The minimum absolute atomic E-state index is 0.126. The molecule has 0 fully saturated rings. The van der Waals surface area contributed by atoms with Crippen molar-refractivity contribution >= 4 is 11.4 Å². The molecular formula is C38H37N. The van der Waals surface area contributed by atoms with E-state index in [0.29, 0.717) is 5.56 Å². The van der Waals surface area contributed by atoms with E-state index in [9.17, 15) is 0 Å². The van der Waals surface area contributed by atoms with E-state index in [1.165, 1.54) is 22.3 Å². The quantitative estimate of drug-likeness (QED) is 0.227. The largest absolute Gasteiger partial charge is 0.338 e. The molecule has 39 heavy (non-hydrogen) atoms. The summed E-state index contributed by atoms with van der Waals surface area (Å²) in [6, 6.07) is 38.0. The van der Waals surface area contributed by atoms with Crippen LogP contribution >= 0.6 is 0 Å². The predicted octanol–water partition coefficient (Wildman–Crippen LogP) is 10.5. The molecule has 0 radical (unpaired) electrons. The molecule has 1 nitrogen and oxygen atoms in total. The molecule has 0 aliphatic heterocycles. The highest BCUT2D eigenvalue weighted by Gasteiger charge is 2.36. The third-order valence-electron chi connectivity index (χ3n) is 8.27. The van der Waals surface area contributed by atoms with Gasteiger partial charge in [-0.2, -0.15) is 0 Å². The average molecular weight is 511 g/mol. The van der Waals surface area contributed by atoms with Crippen LogP contribution in [-0.2, 0) is 5.41 Å². The van der Waals surface area contributed by atoms with Gasteiger partial charge in [-0.25, -0.2) is 0 Å². The molecule has 0 amide bonds. The Kier molecular flexibility index (Phi) is 5.35. The number of anilines is 2. The molecule has 0 spiro atoms. The summed E-state index contributed by atoms with van der Waals surface area (Å²) in [7, 11) is 0. The van der Waals surface area contributed by atoms with Gasteiger partial charge in [0, 0.05) is 32.5 Å². The zero-order valence-corrected chi connectivity index (χ0v) is 23.4. The molecule has 0 heterocycles. The molecule has 1 heteroatoms. The predicted molar refractivity (Wildman–Crippen MR) is 168 cm³/mol. The fourth-order valence-corrected chi connectivity index (χ4v) is 6.25. The maximum absolute atomic E-state index is 8.62. The molecule has 6 rings (SSSR count). The lowest BCUT2D eigenvalue weighted by Crippen LogP contribution is -2.26. The molecule has 1 aliphatic rings. The van der Waals surface area contributed by atoms with Gasteiger partial charge in [0.15, 0.2) is 0 Å². The first-order valence-corrected chi connectivity index (χ1v) is 13.8. The fourth-order valence-electron chi connectivity index (χ4n) is 6.25. The molecular weight excluding hydrogens is 470 g/mol. The van der Waals surface area contributed by atoms with E-state index in [1.54, 1.807) is 0 Å². The molecule has 1 aliphatic carbocycles. The number of hydrogen-bond acceptors (Lipinski definition) is 1. The van der Waals surface area contributed by atoms with Crippen LogP contribution in [0.15, 0.2) is 109 Å². The summed E-state index contributed by atoms with van der Waals surface area (Å²) < 4.78 is 25.9. The third-order valence-corrected chi connectivity index (χ3v) is 8.27. The lowest BCUT2D eigenvalue weighted by Gasteiger charge is -2.33. The van der Waals surface area contributed by atoms with Crippen LogP contribution in [0, 0.1) is 13.8 Å². The zero-order chi connectivity index (χ0) is 29.8. The zero-order valence-electron chi connectivity index (χ0n) is 26.4. The van der Waals surface area contributed by atoms with Crippen LogP contribution < -0.4 is 4.90 Å². The number of aryl methyl sites for hydroxylation is 2. The highest BCUT2D eigenvalue weighted by Crippen LogP contribution is 2.51. The lowest BCUT2D eigenvalue weighted by atomic mass is 9.81. The summed E-state index contributed by atoms with van der Waals surface area (Å²) in [6.07, 6.45) is 0. The second kappa shape index (κ2) is 9.58. The summed E-state index contributed by atoms with van der Waals surface area (Å²) in [5, 5.41) is 0. The fraction of sp³-hybridized carbons (Fsp3) is 0.211. The minimum Gasteiger partial charge on any atom is -0.338 e. The molecule has 0 aromatic heterocycles. The van der Waals surface area contributed by atoms with Crippen molar-refractivity contribution in [3.63, 3.8) is 0 Å². The van der Waals surface area contributed by atoms with Gasteiger partial charge >= 0.3 is 0 Å². The van der Waals surface area contributed by atoms with Gasteiger partial charge in [0.1, 0.15) is 0 Å². The van der Waals surface area contributed by atoms with Gasteiger partial charge in [0.25, 0.3) is 0 Å². The molecule has 0 saturated heterocycles. The Morgan fingerprint density at radius 3 is 2.03 bits per heavy atom. The second-order valence-electron chi connectivity index (χ2n) is 11.5. The van der Waals surface area contributed by atoms with Crippen LogP contribution in [0.25, 0.3) is 33.4 Å². The van der Waals surface area contributed by atoms with Gasteiger partial charge in [-0.05, 0) is 95.9 Å². The van der Waals surface area contributed by atoms with Gasteiger partial charge in [0.2, 0.25) is 0 Å². The summed E-state index contributed by atoms with van der Waals surface area (Å²) >= 11 is 0. The number of nitrogens with zero attached hydrogens (tertiary/aromatic N) is 1. The summed E-state index contributed by atoms with van der Waals surface area (Å²) in [5.41, 5.74) is 12.0. The monoisotopic (exact) mass is 510 g/mol.